The maximum Gasteiger partial charge on any atom is 0.308 e. The van der Waals surface area contributed by atoms with E-state index in [1.165, 1.54) is 44.6 Å². The zero-order chi connectivity index (χ0) is 24.2. The van der Waals surface area contributed by atoms with Crippen molar-refractivity contribution >= 4 is 28.5 Å². The van der Waals surface area contributed by atoms with Crippen molar-refractivity contribution in [2.45, 2.75) is 44.9 Å². The maximum atomic E-state index is 13.4. The van der Waals surface area contributed by atoms with Crippen LogP contribution in [0.3, 0.4) is 0 Å². The largest absolute Gasteiger partial charge is 0.427 e. The summed E-state index contributed by atoms with van der Waals surface area (Å²) in [6.07, 6.45) is 6.40. The highest BCUT2D eigenvalue weighted by atomic mass is 16.5. The summed E-state index contributed by atoms with van der Waals surface area (Å²) in [6.45, 7) is 1.36. The van der Waals surface area contributed by atoms with Crippen LogP contribution in [0.2, 0.25) is 0 Å². The average molecular weight is 465 g/mol. The summed E-state index contributed by atoms with van der Waals surface area (Å²) < 4.78 is 5.25. The minimum atomic E-state index is -0.404. The standard InChI is InChI=1S/C30H28N2O3/c1-20(33)35-25-16-17-26-27(19-28(32-29(26)18-25)23-10-6-3-7-11-23)30(34)31-24-14-12-22(13-15-24)21-8-4-2-5-9-21/h3,6-7,10-19,21H,2,4-5,8-9H2,1H3,(H,31,34). The van der Waals surface area contributed by atoms with Crippen LogP contribution < -0.4 is 10.1 Å². The number of pyridine rings is 1. The minimum Gasteiger partial charge on any atom is -0.427 e. The van der Waals surface area contributed by atoms with Crippen molar-refractivity contribution in [1.82, 2.24) is 4.98 Å². The number of aromatic nitrogens is 1. The number of nitrogens with zero attached hydrogens (tertiary/aromatic N) is 1. The van der Waals surface area contributed by atoms with Crippen LogP contribution in [-0.4, -0.2) is 16.9 Å². The molecule has 1 aliphatic carbocycles. The van der Waals surface area contributed by atoms with E-state index in [9.17, 15) is 9.59 Å². The van der Waals surface area contributed by atoms with E-state index in [0.717, 1.165) is 11.3 Å². The Morgan fingerprint density at radius 3 is 2.34 bits per heavy atom. The Hall–Kier alpha value is -3.99. The molecule has 0 spiro atoms. The van der Waals surface area contributed by atoms with Gasteiger partial charge in [0.15, 0.2) is 0 Å². The number of rotatable bonds is 5. The number of benzene rings is 3. The van der Waals surface area contributed by atoms with Crippen molar-refractivity contribution in [2.24, 2.45) is 0 Å². The molecule has 1 heterocycles. The van der Waals surface area contributed by atoms with Gasteiger partial charge in [0.1, 0.15) is 5.75 Å². The zero-order valence-electron chi connectivity index (χ0n) is 19.8. The fraction of sp³-hybridized carbons (Fsp3) is 0.233. The van der Waals surface area contributed by atoms with Crippen LogP contribution in [0.1, 0.15) is 60.9 Å². The average Bonchev–Trinajstić information content (AvgIpc) is 2.89. The highest BCUT2D eigenvalue weighted by molar-refractivity contribution is 6.13. The van der Waals surface area contributed by atoms with Gasteiger partial charge in [0.25, 0.3) is 5.91 Å². The molecule has 5 heteroatoms. The van der Waals surface area contributed by atoms with Gasteiger partial charge in [0.05, 0.1) is 16.8 Å². The van der Waals surface area contributed by atoms with Crippen molar-refractivity contribution < 1.29 is 14.3 Å². The molecule has 1 N–H and O–H groups in total. The van der Waals surface area contributed by atoms with Gasteiger partial charge < -0.3 is 10.1 Å². The Labute approximate surface area is 205 Å². The third-order valence-electron chi connectivity index (χ3n) is 6.60. The highest BCUT2D eigenvalue weighted by Gasteiger charge is 2.17. The van der Waals surface area contributed by atoms with E-state index in [-0.39, 0.29) is 5.91 Å². The summed E-state index contributed by atoms with van der Waals surface area (Å²) in [5.41, 5.74) is 4.79. The highest BCUT2D eigenvalue weighted by Crippen LogP contribution is 2.33. The fourth-order valence-electron chi connectivity index (χ4n) is 4.86. The summed E-state index contributed by atoms with van der Waals surface area (Å²) in [5, 5.41) is 3.75. The van der Waals surface area contributed by atoms with Gasteiger partial charge in [0, 0.05) is 29.6 Å². The van der Waals surface area contributed by atoms with E-state index >= 15 is 0 Å². The number of hydrogen-bond acceptors (Lipinski definition) is 4. The molecular formula is C30H28N2O3. The predicted molar refractivity (Wildman–Crippen MR) is 139 cm³/mol. The molecule has 3 aromatic carbocycles. The zero-order valence-corrected chi connectivity index (χ0v) is 19.8. The van der Waals surface area contributed by atoms with E-state index in [1.807, 2.05) is 48.5 Å². The van der Waals surface area contributed by atoms with Gasteiger partial charge >= 0.3 is 5.97 Å². The van der Waals surface area contributed by atoms with Gasteiger partial charge in [-0.25, -0.2) is 4.98 Å². The molecule has 1 saturated carbocycles. The number of hydrogen-bond donors (Lipinski definition) is 1. The molecule has 4 aromatic rings. The van der Waals surface area contributed by atoms with Crippen molar-refractivity contribution in [2.75, 3.05) is 5.32 Å². The van der Waals surface area contributed by atoms with Crippen molar-refractivity contribution in [3.63, 3.8) is 0 Å². The second-order valence-corrected chi connectivity index (χ2v) is 9.10. The van der Waals surface area contributed by atoms with E-state index in [1.54, 1.807) is 18.2 Å². The van der Waals surface area contributed by atoms with Gasteiger partial charge in [-0.1, -0.05) is 61.7 Å². The molecule has 176 valence electrons. The molecule has 5 nitrogen and oxygen atoms in total. The number of nitrogens with one attached hydrogen (secondary N) is 1. The Balaban J connectivity index is 1.47. The first-order chi connectivity index (χ1) is 17.1. The van der Waals surface area contributed by atoms with Crippen LogP contribution in [0.25, 0.3) is 22.2 Å². The number of fused-ring (bicyclic) bond motifs is 1. The molecule has 0 radical (unpaired) electrons. The smallest absolute Gasteiger partial charge is 0.308 e. The SMILES string of the molecule is CC(=O)Oc1ccc2c(C(=O)Nc3ccc(C4CCCCC4)cc3)cc(-c3ccccc3)nc2c1. The molecule has 1 amide bonds. The van der Waals surface area contributed by atoms with Crippen LogP contribution in [0.15, 0.2) is 78.9 Å². The molecule has 0 atom stereocenters. The second kappa shape index (κ2) is 10.1. The Morgan fingerprint density at radius 2 is 1.63 bits per heavy atom. The van der Waals surface area contributed by atoms with Crippen LogP contribution >= 0.6 is 0 Å². The molecule has 1 aromatic heterocycles. The van der Waals surface area contributed by atoms with Gasteiger partial charge in [-0.15, -0.1) is 0 Å². The van der Waals surface area contributed by atoms with Crippen molar-refractivity contribution in [3.8, 4) is 17.0 Å². The van der Waals surface area contributed by atoms with E-state index in [2.05, 4.69) is 17.4 Å². The third kappa shape index (κ3) is 5.24. The number of ether oxygens (including phenoxy) is 1. The fourth-order valence-corrected chi connectivity index (χ4v) is 4.86. The number of carbonyl (C=O) groups is 2. The maximum absolute atomic E-state index is 13.4. The molecular weight excluding hydrogens is 436 g/mol. The first-order valence-electron chi connectivity index (χ1n) is 12.2. The summed E-state index contributed by atoms with van der Waals surface area (Å²) in [4.78, 5) is 29.6. The third-order valence-corrected chi connectivity index (χ3v) is 6.60. The lowest BCUT2D eigenvalue weighted by Gasteiger charge is -2.22. The lowest BCUT2D eigenvalue weighted by atomic mass is 9.84. The molecule has 1 fully saturated rings. The molecule has 0 bridgehead atoms. The summed E-state index contributed by atoms with van der Waals surface area (Å²) in [5.74, 6) is 0.406. The van der Waals surface area contributed by atoms with E-state index in [4.69, 9.17) is 9.72 Å². The van der Waals surface area contributed by atoms with Crippen LogP contribution in [-0.2, 0) is 4.79 Å². The van der Waals surface area contributed by atoms with E-state index in [0.29, 0.717) is 33.8 Å². The monoisotopic (exact) mass is 464 g/mol. The summed E-state index contributed by atoms with van der Waals surface area (Å²) >= 11 is 0. The van der Waals surface area contributed by atoms with Crippen molar-refractivity contribution in [3.05, 3.63) is 90.0 Å². The number of anilines is 1. The first kappa shape index (κ1) is 22.8. The minimum absolute atomic E-state index is 0.208. The number of carbonyl (C=O) groups excluding carboxylic acids is 2. The van der Waals surface area contributed by atoms with Crippen LogP contribution in [0.5, 0.6) is 5.75 Å². The van der Waals surface area contributed by atoms with Gasteiger partial charge in [-0.05, 0) is 54.7 Å². The van der Waals surface area contributed by atoms with Gasteiger partial charge in [-0.2, -0.15) is 0 Å². The predicted octanol–water partition coefficient (Wildman–Crippen LogP) is 7.13. The lowest BCUT2D eigenvalue weighted by molar-refractivity contribution is -0.131. The topological polar surface area (TPSA) is 68.3 Å². The normalized spacial score (nSPS) is 14.0. The molecule has 35 heavy (non-hydrogen) atoms. The van der Waals surface area contributed by atoms with Crippen molar-refractivity contribution in [1.29, 1.82) is 0 Å². The van der Waals surface area contributed by atoms with Crippen LogP contribution in [0.4, 0.5) is 5.69 Å². The molecule has 0 unspecified atom stereocenters. The Kier molecular flexibility index (Phi) is 6.57. The molecule has 0 saturated heterocycles. The van der Waals surface area contributed by atoms with Gasteiger partial charge in [-0.3, -0.25) is 9.59 Å². The first-order valence-corrected chi connectivity index (χ1v) is 12.2. The van der Waals surface area contributed by atoms with E-state index < -0.39 is 5.97 Å². The Morgan fingerprint density at radius 1 is 0.886 bits per heavy atom. The second-order valence-electron chi connectivity index (χ2n) is 9.10. The van der Waals surface area contributed by atoms with Gasteiger partial charge in [0.2, 0.25) is 0 Å². The lowest BCUT2D eigenvalue weighted by Crippen LogP contribution is -2.13. The number of amides is 1. The van der Waals surface area contributed by atoms with Crippen LogP contribution in [0, 0.1) is 0 Å². The Bertz CT molecular complexity index is 1360. The summed E-state index contributed by atoms with van der Waals surface area (Å²) in [7, 11) is 0. The molecule has 5 rings (SSSR count). The summed E-state index contributed by atoms with van der Waals surface area (Å²) in [6, 6.07) is 24.9. The molecule has 1 aliphatic rings. The quantitative estimate of drug-likeness (QED) is 0.252. The molecule has 0 aliphatic heterocycles. The number of esters is 1.